The second-order valence-electron chi connectivity index (χ2n) is 4.08. The molecule has 0 saturated heterocycles. The Morgan fingerprint density at radius 3 is 2.64 bits per heavy atom. The summed E-state index contributed by atoms with van der Waals surface area (Å²) in [4.78, 5) is 0. The van der Waals surface area contributed by atoms with Crippen LogP contribution in [0.5, 0.6) is 5.75 Å². The van der Waals surface area contributed by atoms with Crippen LogP contribution in [0.2, 0.25) is 0 Å². The van der Waals surface area contributed by atoms with Gasteiger partial charge in [-0.05, 0) is 37.1 Å². The van der Waals surface area contributed by atoms with Crippen molar-refractivity contribution in [2.24, 2.45) is 0 Å². The topological polar surface area (TPSA) is 21.3 Å². The summed E-state index contributed by atoms with van der Waals surface area (Å²) in [5.41, 5.74) is 3.95. The molecule has 0 fully saturated rings. The third-order valence-corrected chi connectivity index (χ3v) is 3.27. The molecule has 2 nitrogen and oxygen atoms in total. The van der Waals surface area contributed by atoms with E-state index in [2.05, 4.69) is 32.2 Å². The van der Waals surface area contributed by atoms with Gasteiger partial charge in [-0.2, -0.15) is 0 Å². The number of hydrogen-bond acceptors (Lipinski definition) is 2. The predicted molar refractivity (Wildman–Crippen MR) is 59.2 cm³/mol. The van der Waals surface area contributed by atoms with Crippen LogP contribution in [0.15, 0.2) is 12.1 Å². The molecule has 76 valence electrons. The van der Waals surface area contributed by atoms with Gasteiger partial charge in [0.25, 0.3) is 0 Å². The highest BCUT2D eigenvalue weighted by molar-refractivity contribution is 5.65. The van der Waals surface area contributed by atoms with E-state index in [0.717, 1.165) is 5.75 Å². The van der Waals surface area contributed by atoms with Gasteiger partial charge in [0.1, 0.15) is 5.75 Å². The van der Waals surface area contributed by atoms with E-state index in [1.807, 2.05) is 6.07 Å². The summed E-state index contributed by atoms with van der Waals surface area (Å²) in [6.45, 7) is 6.61. The lowest BCUT2D eigenvalue weighted by Crippen LogP contribution is -2.13. The van der Waals surface area contributed by atoms with Crippen molar-refractivity contribution in [3.63, 3.8) is 0 Å². The molecule has 14 heavy (non-hydrogen) atoms. The molecule has 2 atom stereocenters. The Hall–Kier alpha value is -1.18. The van der Waals surface area contributed by atoms with E-state index in [9.17, 15) is 0 Å². The van der Waals surface area contributed by atoms with Crippen molar-refractivity contribution in [1.82, 2.24) is 0 Å². The Bertz CT molecular complexity index is 360. The smallest absolute Gasteiger partial charge is 0.122 e. The molecule has 0 amide bonds. The minimum Gasteiger partial charge on any atom is -0.496 e. The largest absolute Gasteiger partial charge is 0.496 e. The Morgan fingerprint density at radius 1 is 1.29 bits per heavy atom. The molecule has 0 aliphatic carbocycles. The first kappa shape index (κ1) is 9.38. The van der Waals surface area contributed by atoms with Crippen LogP contribution in [0.1, 0.15) is 30.9 Å². The Labute approximate surface area is 85.3 Å². The number of ether oxygens (including phenoxy) is 1. The molecular formula is C12H17NO. The molecule has 2 heteroatoms. The van der Waals surface area contributed by atoms with Gasteiger partial charge >= 0.3 is 0 Å². The minimum absolute atomic E-state index is 0.524. The van der Waals surface area contributed by atoms with E-state index in [4.69, 9.17) is 4.74 Å². The monoisotopic (exact) mass is 191 g/mol. The van der Waals surface area contributed by atoms with Crippen molar-refractivity contribution < 1.29 is 4.74 Å². The summed E-state index contributed by atoms with van der Waals surface area (Å²) in [6, 6.07) is 4.67. The second-order valence-corrected chi connectivity index (χ2v) is 4.08. The van der Waals surface area contributed by atoms with Gasteiger partial charge in [-0.3, -0.25) is 0 Å². The molecule has 0 bridgehead atoms. The van der Waals surface area contributed by atoms with Crippen LogP contribution >= 0.6 is 0 Å². The van der Waals surface area contributed by atoms with E-state index in [1.54, 1.807) is 7.11 Å². The van der Waals surface area contributed by atoms with Gasteiger partial charge in [-0.1, -0.05) is 6.92 Å². The predicted octanol–water partition coefficient (Wildman–Crippen LogP) is 2.92. The Kier molecular flexibility index (Phi) is 2.14. The summed E-state index contributed by atoms with van der Waals surface area (Å²) < 4.78 is 5.33. The molecule has 0 radical (unpaired) electrons. The highest BCUT2D eigenvalue weighted by atomic mass is 16.5. The molecule has 1 aliphatic heterocycles. The van der Waals surface area contributed by atoms with Crippen LogP contribution in [0.25, 0.3) is 0 Å². The molecule has 2 rings (SSSR count). The zero-order chi connectivity index (χ0) is 10.3. The SMILES string of the molecule is COc1ccc2c(c1C)C(C)C(C)N2. The number of anilines is 1. The van der Waals surface area contributed by atoms with Gasteiger partial charge in [-0.25, -0.2) is 0 Å². The fourth-order valence-corrected chi connectivity index (χ4v) is 2.26. The molecule has 1 aliphatic rings. The van der Waals surface area contributed by atoms with Gasteiger partial charge < -0.3 is 10.1 Å². The number of nitrogens with one attached hydrogen (secondary N) is 1. The molecule has 0 spiro atoms. The third-order valence-electron chi connectivity index (χ3n) is 3.27. The van der Waals surface area contributed by atoms with Gasteiger partial charge in [0.15, 0.2) is 0 Å². The van der Waals surface area contributed by atoms with E-state index in [1.165, 1.54) is 16.8 Å². The zero-order valence-corrected chi connectivity index (χ0v) is 9.22. The first-order valence-electron chi connectivity index (χ1n) is 5.09. The average Bonchev–Trinajstić information content (AvgIpc) is 2.44. The lowest BCUT2D eigenvalue weighted by molar-refractivity contribution is 0.411. The van der Waals surface area contributed by atoms with Gasteiger partial charge in [-0.15, -0.1) is 0 Å². The molecule has 0 aromatic heterocycles. The van der Waals surface area contributed by atoms with Crippen molar-refractivity contribution in [2.75, 3.05) is 12.4 Å². The van der Waals surface area contributed by atoms with Gasteiger partial charge in [0, 0.05) is 17.6 Å². The summed E-state index contributed by atoms with van der Waals surface area (Å²) in [5, 5.41) is 3.48. The molecule has 1 N–H and O–H groups in total. The van der Waals surface area contributed by atoms with Gasteiger partial charge in [0.2, 0.25) is 0 Å². The maximum Gasteiger partial charge on any atom is 0.122 e. The van der Waals surface area contributed by atoms with Crippen LogP contribution in [0, 0.1) is 6.92 Å². The van der Waals surface area contributed by atoms with Crippen molar-refractivity contribution >= 4 is 5.69 Å². The maximum absolute atomic E-state index is 5.33. The normalized spacial score (nSPS) is 24.3. The molecule has 1 heterocycles. The van der Waals surface area contributed by atoms with E-state index in [-0.39, 0.29) is 0 Å². The molecule has 1 aromatic rings. The van der Waals surface area contributed by atoms with E-state index < -0.39 is 0 Å². The number of hydrogen-bond donors (Lipinski definition) is 1. The first-order valence-corrected chi connectivity index (χ1v) is 5.09. The van der Waals surface area contributed by atoms with Crippen LogP contribution < -0.4 is 10.1 Å². The third kappa shape index (κ3) is 1.17. The van der Waals surface area contributed by atoms with Crippen LogP contribution in [-0.4, -0.2) is 13.2 Å². The molecule has 1 aromatic carbocycles. The van der Waals surface area contributed by atoms with Crippen LogP contribution in [-0.2, 0) is 0 Å². The highest BCUT2D eigenvalue weighted by Gasteiger charge is 2.27. The zero-order valence-electron chi connectivity index (χ0n) is 9.22. The number of benzene rings is 1. The van der Waals surface area contributed by atoms with Crippen molar-refractivity contribution in [3.05, 3.63) is 23.3 Å². The highest BCUT2D eigenvalue weighted by Crippen LogP contribution is 2.40. The van der Waals surface area contributed by atoms with Crippen molar-refractivity contribution in [2.45, 2.75) is 32.7 Å². The summed E-state index contributed by atoms with van der Waals surface area (Å²) in [7, 11) is 1.73. The minimum atomic E-state index is 0.524. The van der Waals surface area contributed by atoms with E-state index >= 15 is 0 Å². The lowest BCUT2D eigenvalue weighted by atomic mass is 9.94. The summed E-state index contributed by atoms with van der Waals surface area (Å²) >= 11 is 0. The van der Waals surface area contributed by atoms with E-state index in [0.29, 0.717) is 12.0 Å². The standard InChI is InChI=1S/C12H17NO/c1-7-9(3)13-10-5-6-11(14-4)8(2)12(7)10/h5-7,9,13H,1-4H3. The second kappa shape index (κ2) is 3.19. The fourth-order valence-electron chi connectivity index (χ4n) is 2.26. The van der Waals surface area contributed by atoms with Crippen molar-refractivity contribution in [1.29, 1.82) is 0 Å². The molecule has 2 unspecified atom stereocenters. The number of rotatable bonds is 1. The quantitative estimate of drug-likeness (QED) is 0.737. The maximum atomic E-state index is 5.33. The van der Waals surface area contributed by atoms with Crippen LogP contribution in [0.3, 0.4) is 0 Å². The molecular weight excluding hydrogens is 174 g/mol. The number of methoxy groups -OCH3 is 1. The Balaban J connectivity index is 2.54. The fraction of sp³-hybridized carbons (Fsp3) is 0.500. The number of fused-ring (bicyclic) bond motifs is 1. The summed E-state index contributed by atoms with van der Waals surface area (Å²) in [5.74, 6) is 1.56. The molecule has 0 saturated carbocycles. The Morgan fingerprint density at radius 2 is 2.00 bits per heavy atom. The summed E-state index contributed by atoms with van der Waals surface area (Å²) in [6.07, 6.45) is 0. The lowest BCUT2D eigenvalue weighted by Gasteiger charge is -2.12. The van der Waals surface area contributed by atoms with Crippen molar-refractivity contribution in [3.8, 4) is 5.75 Å². The average molecular weight is 191 g/mol. The van der Waals surface area contributed by atoms with Crippen LogP contribution in [0.4, 0.5) is 5.69 Å². The first-order chi connectivity index (χ1) is 6.65. The van der Waals surface area contributed by atoms with Gasteiger partial charge in [0.05, 0.1) is 7.11 Å².